The molecule has 1 saturated carbocycles. The van der Waals surface area contributed by atoms with E-state index in [0.717, 1.165) is 29.5 Å². The van der Waals surface area contributed by atoms with Crippen molar-refractivity contribution in [1.82, 2.24) is 10.9 Å². The fraction of sp³-hybridized carbons (Fsp3) is 0.462. The van der Waals surface area contributed by atoms with Crippen molar-refractivity contribution in [1.29, 1.82) is 0 Å². The van der Waals surface area contributed by atoms with Crippen LogP contribution in [-0.2, 0) is 19.1 Å². The molecule has 3 aromatic rings. The summed E-state index contributed by atoms with van der Waals surface area (Å²) in [6, 6.07) is 25.4. The molecular weight excluding hydrogens is 606 g/mol. The number of nitrogens with one attached hydrogen (secondary N) is 2. The van der Waals surface area contributed by atoms with Crippen LogP contribution in [0.15, 0.2) is 83.9 Å². The molecule has 0 aromatic heterocycles. The summed E-state index contributed by atoms with van der Waals surface area (Å²) in [6.07, 6.45) is 5.71. The molecule has 9 heteroatoms. The smallest absolute Gasteiger partial charge is 0.306 e. The number of carbonyl (C=O) groups excluding carboxylic acids is 2. The van der Waals surface area contributed by atoms with Gasteiger partial charge in [-0.1, -0.05) is 73.9 Å². The lowest BCUT2D eigenvalue weighted by atomic mass is 9.83. The second-order valence-electron chi connectivity index (χ2n) is 13.7. The van der Waals surface area contributed by atoms with Gasteiger partial charge < -0.3 is 19.3 Å². The summed E-state index contributed by atoms with van der Waals surface area (Å²) in [7, 11) is 0. The molecule has 1 amide bonds. The van der Waals surface area contributed by atoms with E-state index in [1.165, 1.54) is 19.3 Å². The molecule has 0 saturated heterocycles. The third-order valence-corrected chi connectivity index (χ3v) is 8.80. The molecule has 2 aliphatic rings. The van der Waals surface area contributed by atoms with E-state index >= 15 is 0 Å². The molecular formula is C39H49N3O6. The number of rotatable bonds is 14. The van der Waals surface area contributed by atoms with Gasteiger partial charge in [-0.15, -0.1) is 0 Å². The number of benzene rings is 3. The van der Waals surface area contributed by atoms with Crippen LogP contribution in [0.3, 0.4) is 0 Å². The molecule has 9 nitrogen and oxygen atoms in total. The number of aliphatic imine (C=N–C) groups is 1. The van der Waals surface area contributed by atoms with Crippen molar-refractivity contribution in [2.75, 3.05) is 19.8 Å². The van der Waals surface area contributed by atoms with Gasteiger partial charge in [0.1, 0.15) is 11.4 Å². The maximum absolute atomic E-state index is 14.4. The number of carbonyl (C=O) groups is 2. The average Bonchev–Trinajstić information content (AvgIpc) is 3.49. The minimum Gasteiger partial charge on any atom is -0.494 e. The number of ether oxygens (including phenoxy) is 3. The molecule has 1 fully saturated rings. The summed E-state index contributed by atoms with van der Waals surface area (Å²) >= 11 is 0. The molecule has 0 spiro atoms. The Labute approximate surface area is 284 Å². The average molecular weight is 656 g/mol. The second kappa shape index (κ2) is 16.3. The van der Waals surface area contributed by atoms with Crippen LogP contribution >= 0.6 is 0 Å². The first-order chi connectivity index (χ1) is 23.2. The van der Waals surface area contributed by atoms with Gasteiger partial charge >= 0.3 is 5.97 Å². The number of aliphatic hydroxyl groups excluding tert-OH is 1. The number of nitrogens with zero attached hydrogens (tertiary/aromatic N) is 1. The highest BCUT2D eigenvalue weighted by Gasteiger charge is 2.53. The molecule has 1 aliphatic heterocycles. The summed E-state index contributed by atoms with van der Waals surface area (Å²) in [4.78, 5) is 32.5. The van der Waals surface area contributed by atoms with Crippen LogP contribution in [0.25, 0.3) is 11.1 Å². The van der Waals surface area contributed by atoms with E-state index in [9.17, 15) is 9.59 Å². The minimum absolute atomic E-state index is 0.0241. The zero-order valence-electron chi connectivity index (χ0n) is 28.4. The largest absolute Gasteiger partial charge is 0.494 e. The Bertz CT molecular complexity index is 1510. The molecule has 0 radical (unpaired) electrons. The topological polar surface area (TPSA) is 118 Å². The van der Waals surface area contributed by atoms with Crippen molar-refractivity contribution in [2.24, 2.45) is 10.9 Å². The monoisotopic (exact) mass is 655 g/mol. The number of hydrogen-bond donors (Lipinski definition) is 3. The van der Waals surface area contributed by atoms with Crippen LogP contribution in [0.4, 0.5) is 0 Å². The SMILES string of the molecule is CC(C)(C)OC(=O)CC[C@]1(C(=O)NNCC2CCCCC2)N=C(c2ccc(OCCCO)cc2)O[C@H]1c1ccc(-c2ccccc2)cc1. The van der Waals surface area contributed by atoms with Gasteiger partial charge in [-0.3, -0.25) is 15.0 Å². The van der Waals surface area contributed by atoms with E-state index in [4.69, 9.17) is 24.3 Å². The minimum atomic E-state index is -1.46. The lowest BCUT2D eigenvalue weighted by molar-refractivity contribution is -0.155. The molecule has 5 rings (SSSR count). The fourth-order valence-corrected chi connectivity index (χ4v) is 6.31. The molecule has 256 valence electrons. The predicted molar refractivity (Wildman–Crippen MR) is 186 cm³/mol. The molecule has 2 atom stereocenters. The van der Waals surface area contributed by atoms with Crippen LogP contribution in [0.5, 0.6) is 5.75 Å². The van der Waals surface area contributed by atoms with Crippen molar-refractivity contribution < 1.29 is 28.9 Å². The Morgan fingerprint density at radius 1 is 0.917 bits per heavy atom. The van der Waals surface area contributed by atoms with Gasteiger partial charge in [0.05, 0.1) is 6.61 Å². The lowest BCUT2D eigenvalue weighted by Gasteiger charge is -2.31. The number of aliphatic hydroxyl groups is 1. The third kappa shape index (κ3) is 9.23. The standard InChI is InChI=1S/C39H49N3O6/c1-38(2,3)48-34(44)23-24-39(37(45)42-40-27-28-11-6-4-7-12-28)35(31-17-15-30(16-18-31)29-13-8-5-9-14-29)47-36(41-39)32-19-21-33(22-20-32)46-26-10-25-43/h5,8-9,13-22,28,35,40,43H,4,6-7,10-12,23-27H2,1-3H3,(H,42,45)/t35-,39-/m0/s1. The van der Waals surface area contributed by atoms with Crippen molar-refractivity contribution >= 4 is 17.8 Å². The van der Waals surface area contributed by atoms with Crippen LogP contribution < -0.4 is 15.6 Å². The Hall–Kier alpha value is -4.21. The summed E-state index contributed by atoms with van der Waals surface area (Å²) in [6.45, 7) is 6.60. The molecule has 1 heterocycles. The summed E-state index contributed by atoms with van der Waals surface area (Å²) < 4.78 is 18.0. The normalized spacial score (nSPS) is 19.7. The van der Waals surface area contributed by atoms with Crippen LogP contribution in [0.2, 0.25) is 0 Å². The highest BCUT2D eigenvalue weighted by atomic mass is 16.6. The first-order valence-electron chi connectivity index (χ1n) is 17.2. The summed E-state index contributed by atoms with van der Waals surface area (Å²) in [5.74, 6) is 0.685. The van der Waals surface area contributed by atoms with Gasteiger partial charge in [0.2, 0.25) is 5.90 Å². The van der Waals surface area contributed by atoms with E-state index in [1.807, 2.05) is 87.5 Å². The highest BCUT2D eigenvalue weighted by molar-refractivity contribution is 6.01. The van der Waals surface area contributed by atoms with Gasteiger partial charge in [-0.2, -0.15) is 0 Å². The molecule has 0 unspecified atom stereocenters. The van der Waals surface area contributed by atoms with E-state index in [2.05, 4.69) is 23.0 Å². The second-order valence-corrected chi connectivity index (χ2v) is 13.7. The van der Waals surface area contributed by atoms with Gasteiger partial charge in [-0.05, 0) is 86.9 Å². The predicted octanol–water partition coefficient (Wildman–Crippen LogP) is 6.69. The van der Waals surface area contributed by atoms with Gasteiger partial charge in [0.15, 0.2) is 11.6 Å². The number of esters is 1. The Balaban J connectivity index is 1.48. The van der Waals surface area contributed by atoms with Crippen LogP contribution in [-0.4, -0.2) is 53.8 Å². The van der Waals surface area contributed by atoms with Gasteiger partial charge in [-0.25, -0.2) is 10.4 Å². The van der Waals surface area contributed by atoms with Crippen molar-refractivity contribution in [3.8, 4) is 16.9 Å². The quantitative estimate of drug-likeness (QED) is 0.101. The number of hydrogen-bond acceptors (Lipinski definition) is 8. The summed E-state index contributed by atoms with van der Waals surface area (Å²) in [5.41, 5.74) is 7.59. The molecule has 3 aromatic carbocycles. The Kier molecular flexibility index (Phi) is 11.9. The maximum Gasteiger partial charge on any atom is 0.306 e. The molecule has 48 heavy (non-hydrogen) atoms. The zero-order chi connectivity index (χ0) is 34.0. The van der Waals surface area contributed by atoms with E-state index in [1.54, 1.807) is 0 Å². The van der Waals surface area contributed by atoms with Gasteiger partial charge in [0.25, 0.3) is 5.91 Å². The Morgan fingerprint density at radius 3 is 2.25 bits per heavy atom. The van der Waals surface area contributed by atoms with E-state index in [-0.39, 0.29) is 25.4 Å². The summed E-state index contributed by atoms with van der Waals surface area (Å²) in [5, 5.41) is 9.09. The fourth-order valence-electron chi connectivity index (χ4n) is 6.31. The molecule has 3 N–H and O–H groups in total. The van der Waals surface area contributed by atoms with Crippen LogP contribution in [0, 0.1) is 5.92 Å². The molecule has 1 aliphatic carbocycles. The first kappa shape index (κ1) is 35.1. The Morgan fingerprint density at radius 2 is 1.58 bits per heavy atom. The van der Waals surface area contributed by atoms with Gasteiger partial charge in [0, 0.05) is 31.6 Å². The maximum atomic E-state index is 14.4. The number of hydrazine groups is 1. The van der Waals surface area contributed by atoms with Crippen molar-refractivity contribution in [3.63, 3.8) is 0 Å². The highest BCUT2D eigenvalue weighted by Crippen LogP contribution is 2.44. The van der Waals surface area contributed by atoms with Crippen molar-refractivity contribution in [2.45, 2.75) is 89.4 Å². The first-order valence-corrected chi connectivity index (χ1v) is 17.2. The number of amides is 1. The van der Waals surface area contributed by atoms with Crippen LogP contribution in [0.1, 0.15) is 89.4 Å². The molecule has 0 bridgehead atoms. The zero-order valence-corrected chi connectivity index (χ0v) is 28.4. The van der Waals surface area contributed by atoms with E-state index < -0.39 is 23.2 Å². The lowest BCUT2D eigenvalue weighted by Crippen LogP contribution is -2.53. The van der Waals surface area contributed by atoms with Crippen molar-refractivity contribution in [3.05, 3.63) is 90.0 Å². The third-order valence-electron chi connectivity index (χ3n) is 8.80. The van der Waals surface area contributed by atoms with E-state index in [0.29, 0.717) is 42.7 Å².